The Morgan fingerprint density at radius 1 is 1.32 bits per heavy atom. The van der Waals surface area contributed by atoms with Gasteiger partial charge in [-0.3, -0.25) is 0 Å². The number of nitrogens with one attached hydrogen (secondary N) is 1. The van der Waals surface area contributed by atoms with E-state index in [2.05, 4.69) is 15.0 Å². The summed E-state index contributed by atoms with van der Waals surface area (Å²) in [6.45, 7) is 3.44. The molecule has 0 bridgehead atoms. The summed E-state index contributed by atoms with van der Waals surface area (Å²) in [7, 11) is 1.27. The van der Waals surface area contributed by atoms with Crippen molar-refractivity contribution in [2.45, 2.75) is 24.1 Å². The maximum Gasteiger partial charge on any atom is 0.346 e. The molecule has 0 amide bonds. The van der Waals surface area contributed by atoms with E-state index in [0.29, 0.717) is 27.4 Å². The Morgan fingerprint density at radius 2 is 2.07 bits per heavy atom. The van der Waals surface area contributed by atoms with E-state index >= 15 is 0 Å². The number of halogens is 2. The van der Waals surface area contributed by atoms with Gasteiger partial charge in [-0.15, -0.1) is 0 Å². The average Bonchev–Trinajstić information content (AvgIpc) is 3.13. The van der Waals surface area contributed by atoms with E-state index < -0.39 is 11.7 Å². The fraction of sp³-hybridized carbons (Fsp3) is 0.222. The minimum Gasteiger partial charge on any atom is -0.465 e. The van der Waals surface area contributed by atoms with E-state index in [0.717, 1.165) is 5.56 Å². The number of carbonyl (C=O) groups is 1. The number of H-pyrrole nitrogens is 1. The number of esters is 1. The molecule has 28 heavy (non-hydrogen) atoms. The van der Waals surface area contributed by atoms with Crippen LogP contribution in [0.25, 0.3) is 11.3 Å². The van der Waals surface area contributed by atoms with Crippen molar-refractivity contribution in [1.29, 1.82) is 0 Å². The molecule has 1 aromatic carbocycles. The molecule has 0 aliphatic heterocycles. The highest BCUT2D eigenvalue weighted by Gasteiger charge is 2.23. The molecular formula is C18H15Cl2N3O4S. The Kier molecular flexibility index (Phi) is 6.12. The van der Waals surface area contributed by atoms with Gasteiger partial charge in [-0.05, 0) is 32.0 Å². The third-order valence-electron chi connectivity index (χ3n) is 3.84. The average molecular weight is 440 g/mol. The summed E-state index contributed by atoms with van der Waals surface area (Å²) in [6.07, 6.45) is 1.57. The molecule has 0 spiro atoms. The number of thioether (sulfide) groups is 1. The second-order valence-electron chi connectivity index (χ2n) is 5.79. The van der Waals surface area contributed by atoms with E-state index in [9.17, 15) is 9.59 Å². The largest absolute Gasteiger partial charge is 0.465 e. The van der Waals surface area contributed by atoms with Crippen LogP contribution < -0.4 is 5.69 Å². The van der Waals surface area contributed by atoms with Gasteiger partial charge in [0.15, 0.2) is 5.76 Å². The lowest BCUT2D eigenvalue weighted by molar-refractivity contribution is 0.0594. The summed E-state index contributed by atoms with van der Waals surface area (Å²) in [5.74, 6) is 0.339. The molecule has 0 saturated heterocycles. The smallest absolute Gasteiger partial charge is 0.346 e. The lowest BCUT2D eigenvalue weighted by atomic mass is 10.2. The molecule has 7 nitrogen and oxygen atoms in total. The summed E-state index contributed by atoms with van der Waals surface area (Å²) < 4.78 is 10.6. The Hall–Kier alpha value is -2.29. The summed E-state index contributed by atoms with van der Waals surface area (Å²) in [6, 6.07) is 5.13. The molecule has 2 aromatic heterocycles. The highest BCUT2D eigenvalue weighted by atomic mass is 35.5. The van der Waals surface area contributed by atoms with Crippen LogP contribution in [0.5, 0.6) is 0 Å². The maximum absolute atomic E-state index is 12.1. The van der Waals surface area contributed by atoms with E-state index in [-0.39, 0.29) is 15.8 Å². The van der Waals surface area contributed by atoms with Gasteiger partial charge in [-0.2, -0.15) is 4.98 Å². The van der Waals surface area contributed by atoms with Gasteiger partial charge in [0.05, 0.1) is 28.6 Å². The molecule has 10 heteroatoms. The number of methoxy groups -OCH3 is 1. The normalized spacial score (nSPS) is 12.0. The summed E-state index contributed by atoms with van der Waals surface area (Å²) in [4.78, 5) is 34.5. The molecule has 0 aliphatic rings. The Morgan fingerprint density at radius 3 is 2.75 bits per heavy atom. The number of aryl methyl sites for hydroxylation is 1. The predicted octanol–water partition coefficient (Wildman–Crippen LogP) is 4.68. The van der Waals surface area contributed by atoms with Crippen molar-refractivity contribution >= 4 is 40.9 Å². The van der Waals surface area contributed by atoms with Crippen LogP contribution in [0.2, 0.25) is 10.0 Å². The van der Waals surface area contributed by atoms with Crippen LogP contribution in [0.4, 0.5) is 0 Å². The van der Waals surface area contributed by atoms with Gasteiger partial charge in [-0.1, -0.05) is 35.0 Å². The SMILES string of the molecule is COC(=O)c1c(SC(C)c2ncc(-c3ccc(Cl)c(Cl)c3)o2)nc(=O)[nH]c1C. The number of carbonyl (C=O) groups excluding carboxylic acids is 1. The summed E-state index contributed by atoms with van der Waals surface area (Å²) in [5.41, 5.74) is 0.759. The van der Waals surface area contributed by atoms with Gasteiger partial charge < -0.3 is 14.1 Å². The van der Waals surface area contributed by atoms with Crippen LogP contribution in [0.1, 0.15) is 34.1 Å². The van der Waals surface area contributed by atoms with Crippen molar-refractivity contribution in [1.82, 2.24) is 15.0 Å². The molecule has 0 fully saturated rings. The molecule has 2 heterocycles. The number of aromatic nitrogens is 3. The van der Waals surface area contributed by atoms with Crippen LogP contribution in [0.15, 0.2) is 38.6 Å². The topological polar surface area (TPSA) is 98.1 Å². The fourth-order valence-corrected chi connectivity index (χ4v) is 3.80. The summed E-state index contributed by atoms with van der Waals surface area (Å²) in [5, 5.41) is 0.772. The first-order valence-electron chi connectivity index (χ1n) is 8.07. The number of nitrogens with zero attached hydrogens (tertiary/aromatic N) is 2. The lowest BCUT2D eigenvalue weighted by Crippen LogP contribution is -2.19. The minimum atomic E-state index is -0.583. The van der Waals surface area contributed by atoms with Crippen LogP contribution in [-0.4, -0.2) is 28.0 Å². The van der Waals surface area contributed by atoms with Crippen molar-refractivity contribution in [3.8, 4) is 11.3 Å². The fourth-order valence-electron chi connectivity index (χ4n) is 2.46. The first-order valence-corrected chi connectivity index (χ1v) is 9.70. The van der Waals surface area contributed by atoms with E-state index in [1.165, 1.54) is 18.9 Å². The zero-order valence-electron chi connectivity index (χ0n) is 15.1. The number of hydrogen-bond acceptors (Lipinski definition) is 7. The molecular weight excluding hydrogens is 425 g/mol. The molecule has 0 radical (unpaired) electrons. The predicted molar refractivity (Wildman–Crippen MR) is 107 cm³/mol. The molecule has 146 valence electrons. The van der Waals surface area contributed by atoms with Gasteiger partial charge in [-0.25, -0.2) is 14.6 Å². The van der Waals surface area contributed by atoms with Gasteiger partial charge in [0, 0.05) is 11.3 Å². The van der Waals surface area contributed by atoms with Gasteiger partial charge >= 0.3 is 11.7 Å². The van der Waals surface area contributed by atoms with Crippen molar-refractivity contribution < 1.29 is 13.9 Å². The second-order valence-corrected chi connectivity index (χ2v) is 7.93. The van der Waals surface area contributed by atoms with Crippen molar-refractivity contribution in [3.63, 3.8) is 0 Å². The quantitative estimate of drug-likeness (QED) is 0.350. The highest BCUT2D eigenvalue weighted by Crippen LogP contribution is 2.37. The van der Waals surface area contributed by atoms with Crippen LogP contribution in [0, 0.1) is 6.92 Å². The van der Waals surface area contributed by atoms with Crippen molar-refractivity contribution in [3.05, 3.63) is 62.1 Å². The third kappa shape index (κ3) is 4.24. The van der Waals surface area contributed by atoms with Gasteiger partial charge in [0.2, 0.25) is 5.89 Å². The highest BCUT2D eigenvalue weighted by molar-refractivity contribution is 7.99. The summed E-state index contributed by atoms with van der Waals surface area (Å²) >= 11 is 13.2. The van der Waals surface area contributed by atoms with Crippen LogP contribution in [-0.2, 0) is 4.74 Å². The molecule has 1 N–H and O–H groups in total. The molecule has 3 rings (SSSR count). The second kappa shape index (κ2) is 8.38. The monoisotopic (exact) mass is 439 g/mol. The van der Waals surface area contributed by atoms with E-state index in [4.69, 9.17) is 32.4 Å². The number of aromatic amines is 1. The number of oxazole rings is 1. The van der Waals surface area contributed by atoms with Crippen molar-refractivity contribution in [2.75, 3.05) is 7.11 Å². The lowest BCUT2D eigenvalue weighted by Gasteiger charge is -2.11. The maximum atomic E-state index is 12.1. The first-order chi connectivity index (χ1) is 13.3. The minimum absolute atomic E-state index is 0.204. The van der Waals surface area contributed by atoms with Crippen LogP contribution in [0.3, 0.4) is 0 Å². The molecule has 1 unspecified atom stereocenters. The Balaban J connectivity index is 1.89. The number of rotatable bonds is 5. The standard InChI is InChI=1S/C18H15Cl2N3O4S/c1-8-14(17(24)26-3)16(23-18(25)22-8)28-9(2)15-21-7-13(27-15)10-4-5-11(19)12(20)6-10/h4-7,9H,1-3H3,(H,22,23,25). The van der Waals surface area contributed by atoms with E-state index in [1.807, 2.05) is 6.92 Å². The third-order valence-corrected chi connectivity index (χ3v) is 5.65. The van der Waals surface area contributed by atoms with Crippen molar-refractivity contribution in [2.24, 2.45) is 0 Å². The van der Waals surface area contributed by atoms with E-state index in [1.54, 1.807) is 31.3 Å². The number of benzene rings is 1. The zero-order chi connectivity index (χ0) is 20.4. The number of ether oxygens (including phenoxy) is 1. The first kappa shape index (κ1) is 20.4. The Labute approximate surface area is 174 Å². The zero-order valence-corrected chi connectivity index (χ0v) is 17.4. The molecule has 0 saturated carbocycles. The Bertz CT molecular complexity index is 1100. The van der Waals surface area contributed by atoms with Gasteiger partial charge in [0.25, 0.3) is 0 Å². The molecule has 0 aliphatic carbocycles. The number of hydrogen-bond donors (Lipinski definition) is 1. The molecule has 1 atom stereocenters. The van der Waals surface area contributed by atoms with Crippen LogP contribution >= 0.6 is 35.0 Å². The van der Waals surface area contributed by atoms with Gasteiger partial charge in [0.1, 0.15) is 10.6 Å². The molecule has 3 aromatic rings.